The molecule has 0 aliphatic rings. The highest BCUT2D eigenvalue weighted by atomic mass is 35.5. The van der Waals surface area contributed by atoms with Gasteiger partial charge in [0, 0.05) is 10.9 Å². The first-order valence-corrected chi connectivity index (χ1v) is 6.97. The second-order valence-electron chi connectivity index (χ2n) is 4.91. The average Bonchev–Trinajstić information content (AvgIpc) is 2.88. The molecule has 3 nitrogen and oxygen atoms in total. The molecule has 4 heteroatoms. The molecule has 21 heavy (non-hydrogen) atoms. The van der Waals surface area contributed by atoms with E-state index in [0.29, 0.717) is 5.28 Å². The van der Waals surface area contributed by atoms with Crippen molar-refractivity contribution in [1.29, 1.82) is 0 Å². The minimum absolute atomic E-state index is 0.257. The Morgan fingerprint density at radius 3 is 2.43 bits per heavy atom. The number of H-pyrrole nitrogens is 1. The Labute approximate surface area is 125 Å². The van der Waals surface area contributed by atoms with Crippen molar-refractivity contribution in [3.8, 4) is 16.9 Å². The van der Waals surface area contributed by atoms with Crippen LogP contribution in [0.4, 0.5) is 0 Å². The zero-order valence-electron chi connectivity index (χ0n) is 11.0. The fraction of sp³-hybridized carbons (Fsp3) is 0. The van der Waals surface area contributed by atoms with Crippen molar-refractivity contribution in [3.05, 3.63) is 59.9 Å². The van der Waals surface area contributed by atoms with Crippen molar-refractivity contribution in [2.45, 2.75) is 0 Å². The molecule has 1 heterocycles. The molecule has 4 aromatic rings. The van der Waals surface area contributed by atoms with Crippen LogP contribution in [0.1, 0.15) is 0 Å². The van der Waals surface area contributed by atoms with Gasteiger partial charge in [0.05, 0.1) is 11.0 Å². The lowest BCUT2D eigenvalue weighted by Crippen LogP contribution is -1.84. The number of para-hydroxylation sites is 1. The molecule has 0 saturated heterocycles. The summed E-state index contributed by atoms with van der Waals surface area (Å²) in [4.78, 5) is 7.40. The van der Waals surface area contributed by atoms with Gasteiger partial charge < -0.3 is 10.1 Å². The number of aromatic amines is 1. The summed E-state index contributed by atoms with van der Waals surface area (Å²) in [5.74, 6) is 0.257. The molecule has 0 radical (unpaired) electrons. The number of imidazole rings is 1. The predicted octanol–water partition coefficient (Wildman–Crippen LogP) is 4.74. The van der Waals surface area contributed by atoms with Crippen molar-refractivity contribution in [2.75, 3.05) is 0 Å². The summed E-state index contributed by atoms with van der Waals surface area (Å²) in [6.45, 7) is 0. The highest BCUT2D eigenvalue weighted by molar-refractivity contribution is 6.29. The monoisotopic (exact) mass is 294 g/mol. The zero-order valence-corrected chi connectivity index (χ0v) is 11.7. The molecule has 0 atom stereocenters. The number of nitrogens with one attached hydrogen (secondary N) is 1. The van der Waals surface area contributed by atoms with Crippen LogP contribution in [-0.2, 0) is 0 Å². The first kappa shape index (κ1) is 12.2. The van der Waals surface area contributed by atoms with E-state index in [1.165, 1.54) is 0 Å². The van der Waals surface area contributed by atoms with Crippen LogP contribution in [0.25, 0.3) is 32.9 Å². The lowest BCUT2D eigenvalue weighted by Gasteiger charge is -2.09. The molecule has 4 rings (SSSR count). The predicted molar refractivity (Wildman–Crippen MR) is 85.7 cm³/mol. The van der Waals surface area contributed by atoms with E-state index in [4.69, 9.17) is 11.6 Å². The Balaban J connectivity index is 2.19. The third-order valence-corrected chi connectivity index (χ3v) is 3.84. The summed E-state index contributed by atoms with van der Waals surface area (Å²) in [6.07, 6.45) is 0. The Morgan fingerprint density at radius 2 is 1.62 bits per heavy atom. The number of benzene rings is 3. The van der Waals surface area contributed by atoms with E-state index < -0.39 is 0 Å². The quantitative estimate of drug-likeness (QED) is 0.532. The van der Waals surface area contributed by atoms with Crippen molar-refractivity contribution in [1.82, 2.24) is 9.97 Å². The van der Waals surface area contributed by atoms with Gasteiger partial charge in [0.25, 0.3) is 0 Å². The van der Waals surface area contributed by atoms with E-state index in [0.717, 1.165) is 32.9 Å². The number of hydrogen-bond acceptors (Lipinski definition) is 2. The zero-order chi connectivity index (χ0) is 14.4. The summed E-state index contributed by atoms with van der Waals surface area (Å²) in [7, 11) is 0. The fourth-order valence-corrected chi connectivity index (χ4v) is 2.92. The number of fused-ring (bicyclic) bond motifs is 3. The van der Waals surface area contributed by atoms with E-state index in [2.05, 4.69) is 9.97 Å². The molecule has 0 unspecified atom stereocenters. The second-order valence-corrected chi connectivity index (χ2v) is 5.27. The number of hydrogen-bond donors (Lipinski definition) is 2. The lowest BCUT2D eigenvalue weighted by molar-refractivity contribution is 0.477. The lowest BCUT2D eigenvalue weighted by atomic mass is 9.96. The van der Waals surface area contributed by atoms with E-state index in [1.807, 2.05) is 48.5 Å². The number of nitrogens with zero attached hydrogens (tertiary/aromatic N) is 1. The van der Waals surface area contributed by atoms with Gasteiger partial charge in [-0.25, -0.2) is 4.98 Å². The van der Waals surface area contributed by atoms with Crippen molar-refractivity contribution in [3.63, 3.8) is 0 Å². The van der Waals surface area contributed by atoms with E-state index in [-0.39, 0.29) is 5.75 Å². The van der Waals surface area contributed by atoms with Crippen LogP contribution in [0.15, 0.2) is 54.6 Å². The Kier molecular flexibility index (Phi) is 2.62. The second kappa shape index (κ2) is 4.50. The van der Waals surface area contributed by atoms with E-state index in [9.17, 15) is 5.11 Å². The number of halogens is 1. The third kappa shape index (κ3) is 1.86. The van der Waals surface area contributed by atoms with Gasteiger partial charge >= 0.3 is 0 Å². The normalized spacial score (nSPS) is 11.3. The first-order chi connectivity index (χ1) is 10.2. The first-order valence-electron chi connectivity index (χ1n) is 6.59. The Hall–Kier alpha value is -2.52. The molecule has 2 N–H and O–H groups in total. The van der Waals surface area contributed by atoms with E-state index in [1.54, 1.807) is 6.07 Å². The molecule has 1 aromatic heterocycles. The largest absolute Gasteiger partial charge is 0.507 e. The van der Waals surface area contributed by atoms with Crippen molar-refractivity contribution >= 4 is 33.4 Å². The number of phenolic OH excluding ortho intramolecular Hbond substituents is 1. The molecular weight excluding hydrogens is 284 g/mol. The van der Waals surface area contributed by atoms with Crippen molar-refractivity contribution in [2.24, 2.45) is 0 Å². The summed E-state index contributed by atoms with van der Waals surface area (Å²) in [6, 6.07) is 17.3. The maximum absolute atomic E-state index is 10.1. The Bertz CT molecular complexity index is 975. The molecule has 0 fully saturated rings. The highest BCUT2D eigenvalue weighted by Crippen LogP contribution is 2.37. The number of phenols is 1. The van der Waals surface area contributed by atoms with Crippen molar-refractivity contribution < 1.29 is 5.11 Å². The molecule has 0 aliphatic carbocycles. The van der Waals surface area contributed by atoms with Crippen LogP contribution in [0.5, 0.6) is 5.75 Å². The summed E-state index contributed by atoms with van der Waals surface area (Å²) in [5.41, 5.74) is 3.45. The summed E-state index contributed by atoms with van der Waals surface area (Å²) < 4.78 is 0. The van der Waals surface area contributed by atoms with Gasteiger partial charge in [-0.15, -0.1) is 0 Å². The third-order valence-electron chi connectivity index (χ3n) is 3.66. The average molecular weight is 295 g/mol. The van der Waals surface area contributed by atoms with Crippen LogP contribution in [0.2, 0.25) is 5.28 Å². The van der Waals surface area contributed by atoms with Gasteiger partial charge in [-0.2, -0.15) is 0 Å². The van der Waals surface area contributed by atoms with Crippen LogP contribution in [0, 0.1) is 0 Å². The van der Waals surface area contributed by atoms with Crippen LogP contribution in [0.3, 0.4) is 0 Å². The molecule has 102 valence electrons. The molecule has 0 bridgehead atoms. The van der Waals surface area contributed by atoms with E-state index >= 15 is 0 Å². The fourth-order valence-electron chi connectivity index (χ4n) is 2.74. The molecule has 0 saturated carbocycles. The van der Waals surface area contributed by atoms with Gasteiger partial charge in [-0.3, -0.25) is 0 Å². The van der Waals surface area contributed by atoms with Crippen LogP contribution >= 0.6 is 11.6 Å². The van der Waals surface area contributed by atoms with Gasteiger partial charge in [0.1, 0.15) is 5.75 Å². The van der Waals surface area contributed by atoms with Gasteiger partial charge in [0.2, 0.25) is 5.28 Å². The molecular formula is C17H11ClN2O. The van der Waals surface area contributed by atoms with Crippen LogP contribution in [-0.4, -0.2) is 15.1 Å². The maximum atomic E-state index is 10.1. The van der Waals surface area contributed by atoms with Gasteiger partial charge in [0.15, 0.2) is 0 Å². The minimum atomic E-state index is 0.257. The Morgan fingerprint density at radius 1 is 0.905 bits per heavy atom. The van der Waals surface area contributed by atoms with Gasteiger partial charge in [-0.1, -0.05) is 42.5 Å². The maximum Gasteiger partial charge on any atom is 0.201 e. The SMILES string of the molecule is Oc1ccccc1-c1cc2[nH]c(Cl)nc2c2ccccc12. The van der Waals surface area contributed by atoms with Crippen LogP contribution < -0.4 is 0 Å². The minimum Gasteiger partial charge on any atom is -0.507 e. The molecule has 0 aliphatic heterocycles. The smallest absolute Gasteiger partial charge is 0.201 e. The molecule has 0 spiro atoms. The number of aromatic hydroxyl groups is 1. The highest BCUT2D eigenvalue weighted by Gasteiger charge is 2.13. The molecule has 3 aromatic carbocycles. The standard InChI is InChI=1S/C17H11ClN2O/c18-17-19-14-9-13(11-6-3-4-8-15(11)21)10-5-1-2-7-12(10)16(14)20-17/h1-9,21H,(H,19,20). The topological polar surface area (TPSA) is 48.9 Å². The number of rotatable bonds is 1. The summed E-state index contributed by atoms with van der Waals surface area (Å²) in [5, 5.41) is 12.6. The summed E-state index contributed by atoms with van der Waals surface area (Å²) >= 11 is 6.00. The number of aromatic nitrogens is 2. The molecule has 0 amide bonds. The van der Waals surface area contributed by atoms with Gasteiger partial charge in [-0.05, 0) is 34.7 Å².